The zero-order chi connectivity index (χ0) is 11.5. The fraction of sp³-hybridized carbons (Fsp3) is 0.308. The van der Waals surface area contributed by atoms with E-state index in [0.717, 1.165) is 29.3 Å². The van der Waals surface area contributed by atoms with E-state index in [4.69, 9.17) is 4.74 Å². The van der Waals surface area contributed by atoms with Crippen LogP contribution >= 0.6 is 0 Å². The molecule has 0 saturated heterocycles. The molecule has 84 valence electrons. The second kappa shape index (κ2) is 4.49. The van der Waals surface area contributed by atoms with E-state index in [9.17, 15) is 4.79 Å². The molecular formula is C13H15NO2. The minimum Gasteiger partial charge on any atom is -0.383 e. The van der Waals surface area contributed by atoms with Gasteiger partial charge in [0, 0.05) is 30.8 Å². The predicted molar refractivity (Wildman–Crippen MR) is 63.9 cm³/mol. The van der Waals surface area contributed by atoms with Crippen molar-refractivity contribution in [2.24, 2.45) is 0 Å². The second-order valence-electron chi connectivity index (χ2n) is 3.86. The highest BCUT2D eigenvalue weighted by atomic mass is 16.5. The van der Waals surface area contributed by atoms with Crippen molar-refractivity contribution >= 4 is 17.2 Å². The number of ether oxygens (including phenoxy) is 1. The molecule has 0 aliphatic carbocycles. The Balaban J connectivity index is 2.59. The topological polar surface area (TPSA) is 31.2 Å². The van der Waals surface area contributed by atoms with Gasteiger partial charge in [0.05, 0.1) is 12.1 Å². The number of hydrogen-bond donors (Lipinski definition) is 0. The van der Waals surface area contributed by atoms with E-state index in [-0.39, 0.29) is 0 Å². The van der Waals surface area contributed by atoms with Crippen molar-refractivity contribution in [2.45, 2.75) is 13.5 Å². The molecule has 0 atom stereocenters. The second-order valence-corrected chi connectivity index (χ2v) is 3.86. The van der Waals surface area contributed by atoms with Gasteiger partial charge < -0.3 is 9.30 Å². The summed E-state index contributed by atoms with van der Waals surface area (Å²) in [5.41, 5.74) is 3.05. The van der Waals surface area contributed by atoms with E-state index in [1.54, 1.807) is 7.11 Å². The van der Waals surface area contributed by atoms with Gasteiger partial charge in [-0.25, -0.2) is 0 Å². The van der Waals surface area contributed by atoms with Crippen molar-refractivity contribution in [2.75, 3.05) is 13.7 Å². The third-order valence-electron chi connectivity index (χ3n) is 2.79. The SMILES string of the molecule is COCCn1cc(C=O)c2cccc(C)c21. The van der Waals surface area contributed by atoms with Crippen LogP contribution in [0.5, 0.6) is 0 Å². The minimum absolute atomic E-state index is 0.649. The highest BCUT2D eigenvalue weighted by Gasteiger charge is 2.09. The van der Waals surface area contributed by atoms with E-state index in [1.165, 1.54) is 5.56 Å². The van der Waals surface area contributed by atoms with Gasteiger partial charge >= 0.3 is 0 Å². The average molecular weight is 217 g/mol. The monoisotopic (exact) mass is 217 g/mol. The summed E-state index contributed by atoms with van der Waals surface area (Å²) in [6, 6.07) is 6.01. The number of hydrogen-bond acceptors (Lipinski definition) is 2. The number of benzene rings is 1. The summed E-state index contributed by atoms with van der Waals surface area (Å²) >= 11 is 0. The molecule has 3 heteroatoms. The summed E-state index contributed by atoms with van der Waals surface area (Å²) < 4.78 is 7.15. The highest BCUT2D eigenvalue weighted by Crippen LogP contribution is 2.23. The Labute approximate surface area is 94.6 Å². The summed E-state index contributed by atoms with van der Waals surface area (Å²) in [7, 11) is 1.68. The van der Waals surface area contributed by atoms with E-state index in [2.05, 4.69) is 17.6 Å². The minimum atomic E-state index is 0.649. The Bertz CT molecular complexity index is 514. The molecular weight excluding hydrogens is 202 g/mol. The number of rotatable bonds is 4. The fourth-order valence-corrected chi connectivity index (χ4v) is 2.04. The summed E-state index contributed by atoms with van der Waals surface area (Å²) in [6.45, 7) is 3.47. The molecule has 0 aliphatic heterocycles. The van der Waals surface area contributed by atoms with Crippen molar-refractivity contribution < 1.29 is 9.53 Å². The van der Waals surface area contributed by atoms with Gasteiger partial charge in [0.25, 0.3) is 0 Å². The maximum Gasteiger partial charge on any atom is 0.152 e. The Kier molecular flexibility index (Phi) is 3.06. The van der Waals surface area contributed by atoms with Crippen molar-refractivity contribution in [1.82, 2.24) is 4.57 Å². The molecule has 0 saturated carbocycles. The number of nitrogens with zero attached hydrogens (tertiary/aromatic N) is 1. The number of carbonyl (C=O) groups is 1. The molecule has 2 rings (SSSR count). The first kappa shape index (κ1) is 10.9. The van der Waals surface area contributed by atoms with Crippen molar-refractivity contribution in [1.29, 1.82) is 0 Å². The summed E-state index contributed by atoms with van der Waals surface area (Å²) in [5.74, 6) is 0. The van der Waals surface area contributed by atoms with Gasteiger partial charge in [0.15, 0.2) is 6.29 Å². The lowest BCUT2D eigenvalue weighted by Crippen LogP contribution is -2.03. The van der Waals surface area contributed by atoms with Gasteiger partial charge in [-0.2, -0.15) is 0 Å². The molecule has 1 heterocycles. The van der Waals surface area contributed by atoms with E-state index in [0.29, 0.717) is 6.61 Å². The maximum atomic E-state index is 11.0. The Morgan fingerprint density at radius 1 is 1.44 bits per heavy atom. The lowest BCUT2D eigenvalue weighted by atomic mass is 10.1. The number of carbonyl (C=O) groups excluding carboxylic acids is 1. The van der Waals surface area contributed by atoms with Crippen LogP contribution < -0.4 is 0 Å². The summed E-state index contributed by atoms with van der Waals surface area (Å²) in [6.07, 6.45) is 2.80. The largest absolute Gasteiger partial charge is 0.383 e. The van der Waals surface area contributed by atoms with E-state index in [1.807, 2.05) is 18.3 Å². The number of methoxy groups -OCH3 is 1. The van der Waals surface area contributed by atoms with E-state index >= 15 is 0 Å². The van der Waals surface area contributed by atoms with Gasteiger partial charge in [0.2, 0.25) is 0 Å². The van der Waals surface area contributed by atoms with Crippen LogP contribution in [-0.4, -0.2) is 24.6 Å². The number of fused-ring (bicyclic) bond motifs is 1. The Morgan fingerprint density at radius 2 is 2.25 bits per heavy atom. The van der Waals surface area contributed by atoms with Crippen LogP contribution in [0.15, 0.2) is 24.4 Å². The molecule has 3 nitrogen and oxygen atoms in total. The molecule has 0 spiro atoms. The normalized spacial score (nSPS) is 10.9. The standard InChI is InChI=1S/C13H15NO2/c1-10-4-3-5-12-11(9-15)8-14(13(10)12)6-7-16-2/h3-5,8-9H,6-7H2,1-2H3. The Morgan fingerprint density at radius 3 is 2.94 bits per heavy atom. The Hall–Kier alpha value is -1.61. The van der Waals surface area contributed by atoms with Crippen LogP contribution in [0.25, 0.3) is 10.9 Å². The highest BCUT2D eigenvalue weighted by molar-refractivity contribution is 5.98. The first-order valence-electron chi connectivity index (χ1n) is 5.30. The van der Waals surface area contributed by atoms with Gasteiger partial charge in [-0.1, -0.05) is 18.2 Å². The quantitative estimate of drug-likeness (QED) is 0.736. The number of aromatic nitrogens is 1. The lowest BCUT2D eigenvalue weighted by Gasteiger charge is -2.06. The third-order valence-corrected chi connectivity index (χ3v) is 2.79. The van der Waals surface area contributed by atoms with Crippen LogP contribution in [0.2, 0.25) is 0 Å². The zero-order valence-corrected chi connectivity index (χ0v) is 9.56. The molecule has 0 radical (unpaired) electrons. The number of aryl methyl sites for hydroxylation is 1. The molecule has 0 amide bonds. The first-order valence-corrected chi connectivity index (χ1v) is 5.30. The summed E-state index contributed by atoms with van der Waals surface area (Å²) in [4.78, 5) is 11.0. The van der Waals surface area contributed by atoms with Crippen LogP contribution in [0.1, 0.15) is 15.9 Å². The van der Waals surface area contributed by atoms with Crippen LogP contribution in [-0.2, 0) is 11.3 Å². The molecule has 2 aromatic rings. The third kappa shape index (κ3) is 1.74. The average Bonchev–Trinajstić information content (AvgIpc) is 2.66. The predicted octanol–water partition coefficient (Wildman–Crippen LogP) is 2.41. The van der Waals surface area contributed by atoms with Gasteiger partial charge in [0.1, 0.15) is 0 Å². The molecule has 0 N–H and O–H groups in total. The van der Waals surface area contributed by atoms with Crippen molar-refractivity contribution in [3.63, 3.8) is 0 Å². The van der Waals surface area contributed by atoms with Gasteiger partial charge in [-0.15, -0.1) is 0 Å². The van der Waals surface area contributed by atoms with Crippen molar-refractivity contribution in [3.8, 4) is 0 Å². The first-order chi connectivity index (χ1) is 7.77. The van der Waals surface area contributed by atoms with Gasteiger partial charge in [-0.3, -0.25) is 4.79 Å². The molecule has 1 aromatic carbocycles. The molecule has 0 aliphatic rings. The van der Waals surface area contributed by atoms with Crippen LogP contribution in [0.4, 0.5) is 0 Å². The zero-order valence-electron chi connectivity index (χ0n) is 9.56. The van der Waals surface area contributed by atoms with Crippen LogP contribution in [0, 0.1) is 6.92 Å². The molecule has 0 bridgehead atoms. The molecule has 16 heavy (non-hydrogen) atoms. The molecule has 0 fully saturated rings. The fourth-order valence-electron chi connectivity index (χ4n) is 2.04. The molecule has 1 aromatic heterocycles. The van der Waals surface area contributed by atoms with Crippen molar-refractivity contribution in [3.05, 3.63) is 35.5 Å². The number of para-hydroxylation sites is 1. The lowest BCUT2D eigenvalue weighted by molar-refractivity contribution is 0.112. The molecule has 0 unspecified atom stereocenters. The summed E-state index contributed by atoms with van der Waals surface area (Å²) in [5, 5.41) is 1.02. The van der Waals surface area contributed by atoms with Gasteiger partial charge in [-0.05, 0) is 12.5 Å². The van der Waals surface area contributed by atoms with E-state index < -0.39 is 0 Å². The maximum absolute atomic E-state index is 11.0. The number of aldehydes is 1. The smallest absolute Gasteiger partial charge is 0.152 e. The van der Waals surface area contributed by atoms with Crippen LogP contribution in [0.3, 0.4) is 0 Å².